The van der Waals surface area contributed by atoms with Crippen molar-refractivity contribution in [1.82, 2.24) is 5.32 Å². The van der Waals surface area contributed by atoms with Gasteiger partial charge < -0.3 is 20.0 Å². The third kappa shape index (κ3) is 6.35. The van der Waals surface area contributed by atoms with Crippen LogP contribution in [0.5, 0.6) is 5.75 Å². The van der Waals surface area contributed by atoms with Crippen molar-refractivity contribution in [2.75, 3.05) is 19.1 Å². The number of carboxylic acid groups (broad SMARTS) is 1. The van der Waals surface area contributed by atoms with Crippen LogP contribution in [0.25, 0.3) is 6.08 Å². The molecule has 0 saturated carbocycles. The lowest BCUT2D eigenvalue weighted by Crippen LogP contribution is -2.47. The molecule has 1 amide bonds. The number of methoxy groups -OCH3 is 1. The fraction of sp³-hybridized carbons (Fsp3) is 0.333. The summed E-state index contributed by atoms with van der Waals surface area (Å²) in [6, 6.07) is 6.18. The van der Waals surface area contributed by atoms with Gasteiger partial charge in [-0.1, -0.05) is 12.1 Å². The maximum absolute atomic E-state index is 11.7. The van der Waals surface area contributed by atoms with E-state index in [0.717, 1.165) is 11.3 Å². The van der Waals surface area contributed by atoms with Gasteiger partial charge in [-0.15, -0.1) is 0 Å². The van der Waals surface area contributed by atoms with Crippen LogP contribution >= 0.6 is 11.8 Å². The normalized spacial score (nSPS) is 12.1. The van der Waals surface area contributed by atoms with Crippen LogP contribution in [0.1, 0.15) is 12.0 Å². The van der Waals surface area contributed by atoms with Gasteiger partial charge >= 0.3 is 0 Å². The number of thioether (sulfide) groups is 1. The van der Waals surface area contributed by atoms with E-state index >= 15 is 0 Å². The molecule has 0 aliphatic heterocycles. The molecule has 0 spiro atoms. The lowest BCUT2D eigenvalue weighted by atomic mass is 10.2. The predicted molar refractivity (Wildman–Crippen MR) is 82.0 cm³/mol. The molecule has 21 heavy (non-hydrogen) atoms. The average molecular weight is 308 g/mol. The number of hydrogen-bond donors (Lipinski definition) is 1. The Morgan fingerprint density at radius 1 is 1.38 bits per heavy atom. The van der Waals surface area contributed by atoms with E-state index in [0.29, 0.717) is 12.2 Å². The van der Waals surface area contributed by atoms with Crippen molar-refractivity contribution < 1.29 is 19.4 Å². The Labute approximate surface area is 128 Å². The van der Waals surface area contributed by atoms with Crippen LogP contribution in [0.2, 0.25) is 0 Å². The van der Waals surface area contributed by atoms with Crippen molar-refractivity contribution in [2.24, 2.45) is 0 Å². The van der Waals surface area contributed by atoms with E-state index in [1.54, 1.807) is 37.5 Å². The van der Waals surface area contributed by atoms with Gasteiger partial charge in [0.15, 0.2) is 0 Å². The zero-order valence-corrected chi connectivity index (χ0v) is 12.8. The fourth-order valence-electron chi connectivity index (χ4n) is 1.59. The van der Waals surface area contributed by atoms with Crippen LogP contribution in [-0.4, -0.2) is 37.0 Å². The largest absolute Gasteiger partial charge is 0.548 e. The number of amides is 1. The van der Waals surface area contributed by atoms with Crippen LogP contribution < -0.4 is 15.2 Å². The SMILES string of the molecule is COc1ccc(/C=C/C(=O)N[C@H](CCSC)C(=O)[O-])cc1. The summed E-state index contributed by atoms with van der Waals surface area (Å²) in [5.41, 5.74) is 0.820. The first kappa shape index (κ1) is 17.1. The number of nitrogens with one attached hydrogen (secondary N) is 1. The minimum atomic E-state index is -1.27. The van der Waals surface area contributed by atoms with Crippen molar-refractivity contribution in [1.29, 1.82) is 0 Å². The Balaban J connectivity index is 2.57. The standard InChI is InChI=1S/C15H19NO4S/c1-20-12-6-3-11(4-7-12)5-8-14(17)16-13(15(18)19)9-10-21-2/h3-8,13H,9-10H2,1-2H3,(H,16,17)(H,18,19)/p-1/b8-5+/t13-/m1/s1. The van der Waals surface area contributed by atoms with Crippen molar-refractivity contribution in [2.45, 2.75) is 12.5 Å². The molecule has 0 saturated heterocycles. The molecule has 0 heterocycles. The van der Waals surface area contributed by atoms with Crippen LogP contribution in [0.3, 0.4) is 0 Å². The molecule has 0 radical (unpaired) electrons. The molecule has 0 unspecified atom stereocenters. The zero-order valence-electron chi connectivity index (χ0n) is 12.0. The van der Waals surface area contributed by atoms with Crippen LogP contribution in [0.15, 0.2) is 30.3 Å². The third-order valence-corrected chi connectivity index (χ3v) is 3.40. The third-order valence-electron chi connectivity index (χ3n) is 2.75. The number of ether oxygens (including phenoxy) is 1. The van der Waals surface area contributed by atoms with Crippen molar-refractivity contribution in [3.63, 3.8) is 0 Å². The summed E-state index contributed by atoms with van der Waals surface area (Å²) in [5, 5.41) is 13.3. The number of rotatable bonds is 8. The highest BCUT2D eigenvalue weighted by atomic mass is 32.2. The maximum atomic E-state index is 11.7. The van der Waals surface area contributed by atoms with Crippen LogP contribution in [-0.2, 0) is 9.59 Å². The van der Waals surface area contributed by atoms with Crippen molar-refractivity contribution >= 4 is 29.7 Å². The highest BCUT2D eigenvalue weighted by Crippen LogP contribution is 2.12. The number of aliphatic carboxylic acids is 1. The molecule has 1 aromatic carbocycles. The van der Waals surface area contributed by atoms with Crippen molar-refractivity contribution in [3.8, 4) is 5.75 Å². The zero-order chi connectivity index (χ0) is 15.7. The summed E-state index contributed by atoms with van der Waals surface area (Å²) >= 11 is 1.52. The second-order valence-electron chi connectivity index (χ2n) is 4.27. The van der Waals surface area contributed by atoms with Gasteiger partial charge in [0.2, 0.25) is 5.91 Å². The monoisotopic (exact) mass is 308 g/mol. The minimum Gasteiger partial charge on any atom is -0.548 e. The molecular formula is C15H18NO4S-. The average Bonchev–Trinajstić information content (AvgIpc) is 2.49. The van der Waals surface area contributed by atoms with Crippen LogP contribution in [0, 0.1) is 0 Å². The van der Waals surface area contributed by atoms with E-state index in [4.69, 9.17) is 4.74 Å². The second-order valence-corrected chi connectivity index (χ2v) is 5.25. The Kier molecular flexibility index (Phi) is 7.39. The van der Waals surface area contributed by atoms with E-state index < -0.39 is 17.9 Å². The number of carbonyl (C=O) groups is 2. The molecule has 0 aliphatic carbocycles. The molecule has 1 N–H and O–H groups in total. The molecule has 0 bridgehead atoms. The van der Waals surface area contributed by atoms with Crippen LogP contribution in [0.4, 0.5) is 0 Å². The lowest BCUT2D eigenvalue weighted by Gasteiger charge is -2.18. The van der Waals surface area contributed by atoms with Gasteiger partial charge in [-0.3, -0.25) is 4.79 Å². The van der Waals surface area contributed by atoms with E-state index in [1.807, 2.05) is 6.26 Å². The molecule has 0 aromatic heterocycles. The molecule has 1 aromatic rings. The molecule has 1 atom stereocenters. The summed E-state index contributed by atoms with van der Waals surface area (Å²) in [6.45, 7) is 0. The molecule has 0 fully saturated rings. The van der Waals surface area contributed by atoms with Gasteiger partial charge in [-0.05, 0) is 42.2 Å². The van der Waals surface area contributed by atoms with Gasteiger partial charge in [-0.2, -0.15) is 11.8 Å². The topological polar surface area (TPSA) is 78.5 Å². The smallest absolute Gasteiger partial charge is 0.244 e. The quantitative estimate of drug-likeness (QED) is 0.715. The summed E-state index contributed by atoms with van der Waals surface area (Å²) in [4.78, 5) is 22.6. The first-order valence-electron chi connectivity index (χ1n) is 6.39. The Morgan fingerprint density at radius 2 is 2.05 bits per heavy atom. The predicted octanol–water partition coefficient (Wildman–Crippen LogP) is 0.696. The summed E-state index contributed by atoms with van der Waals surface area (Å²) in [6.07, 6.45) is 5.12. The molecular weight excluding hydrogens is 290 g/mol. The highest BCUT2D eigenvalue weighted by Gasteiger charge is 2.11. The molecule has 114 valence electrons. The van der Waals surface area contributed by atoms with Gasteiger partial charge in [0.1, 0.15) is 5.75 Å². The second kappa shape index (κ2) is 9.07. The van der Waals surface area contributed by atoms with E-state index in [-0.39, 0.29) is 0 Å². The Morgan fingerprint density at radius 3 is 2.57 bits per heavy atom. The molecule has 0 aliphatic rings. The summed E-state index contributed by atoms with van der Waals surface area (Å²) < 4.78 is 5.03. The lowest BCUT2D eigenvalue weighted by molar-refractivity contribution is -0.308. The Bertz CT molecular complexity index is 499. The molecule has 6 heteroatoms. The Hall–Kier alpha value is -1.95. The molecule has 5 nitrogen and oxygen atoms in total. The number of carboxylic acids is 1. The fourth-order valence-corrected chi connectivity index (χ4v) is 2.06. The minimum absolute atomic E-state index is 0.339. The molecule has 1 rings (SSSR count). The van der Waals surface area contributed by atoms with Gasteiger partial charge in [0.05, 0.1) is 19.1 Å². The van der Waals surface area contributed by atoms with E-state index in [2.05, 4.69) is 5.32 Å². The van der Waals surface area contributed by atoms with E-state index in [9.17, 15) is 14.7 Å². The summed E-state index contributed by atoms with van der Waals surface area (Å²) in [5.74, 6) is -0.358. The first-order valence-corrected chi connectivity index (χ1v) is 7.78. The van der Waals surface area contributed by atoms with Crippen molar-refractivity contribution in [3.05, 3.63) is 35.9 Å². The summed E-state index contributed by atoms with van der Waals surface area (Å²) in [7, 11) is 1.58. The number of benzene rings is 1. The van der Waals surface area contributed by atoms with Gasteiger partial charge in [0.25, 0.3) is 0 Å². The number of carbonyl (C=O) groups excluding carboxylic acids is 2. The highest BCUT2D eigenvalue weighted by molar-refractivity contribution is 7.98. The van der Waals surface area contributed by atoms with E-state index in [1.165, 1.54) is 17.8 Å². The number of hydrogen-bond acceptors (Lipinski definition) is 5. The maximum Gasteiger partial charge on any atom is 0.244 e. The van der Waals surface area contributed by atoms with Gasteiger partial charge in [0, 0.05) is 6.08 Å². The first-order chi connectivity index (χ1) is 10.1. The van der Waals surface area contributed by atoms with Gasteiger partial charge in [-0.25, -0.2) is 0 Å².